The minimum atomic E-state index is -3.51. The van der Waals surface area contributed by atoms with Crippen LogP contribution in [-0.2, 0) is 27.7 Å². The summed E-state index contributed by atoms with van der Waals surface area (Å²) >= 11 is 0. The van der Waals surface area contributed by atoms with Crippen molar-refractivity contribution in [2.24, 2.45) is 0 Å². The normalized spacial score (nSPS) is 20.7. The molecule has 0 spiro atoms. The molecule has 0 saturated carbocycles. The third-order valence-corrected chi connectivity index (χ3v) is 8.90. The second-order valence-electron chi connectivity index (χ2n) is 9.16. The van der Waals surface area contributed by atoms with E-state index in [1.165, 1.54) is 11.1 Å². The van der Waals surface area contributed by atoms with Crippen LogP contribution >= 0.6 is 0 Å². The Hall–Kier alpha value is -2.22. The van der Waals surface area contributed by atoms with Crippen LogP contribution in [0.5, 0.6) is 0 Å². The van der Waals surface area contributed by atoms with Crippen LogP contribution in [0.25, 0.3) is 0 Å². The predicted octanol–water partition coefficient (Wildman–Crippen LogP) is 3.53. The summed E-state index contributed by atoms with van der Waals surface area (Å²) in [7, 11) is -3.51. The minimum absolute atomic E-state index is 0.0134. The summed E-state index contributed by atoms with van der Waals surface area (Å²) in [5.74, 6) is 0.0134. The Labute approximate surface area is 198 Å². The van der Waals surface area contributed by atoms with E-state index in [-0.39, 0.29) is 18.0 Å². The molecule has 2 aromatic rings. The van der Waals surface area contributed by atoms with Crippen LogP contribution in [0.4, 0.5) is 0 Å². The van der Waals surface area contributed by atoms with Crippen molar-refractivity contribution in [1.82, 2.24) is 14.5 Å². The van der Waals surface area contributed by atoms with Crippen LogP contribution < -0.4 is 5.32 Å². The number of rotatable bonds is 7. The van der Waals surface area contributed by atoms with Crippen molar-refractivity contribution in [3.8, 4) is 0 Å². The number of nitrogens with zero attached hydrogens (tertiary/aromatic N) is 2. The van der Waals surface area contributed by atoms with E-state index in [1.54, 1.807) is 16.4 Å². The van der Waals surface area contributed by atoms with Gasteiger partial charge in [0.1, 0.15) is 0 Å². The van der Waals surface area contributed by atoms with Crippen LogP contribution in [0, 0.1) is 0 Å². The molecule has 1 fully saturated rings. The Morgan fingerprint density at radius 1 is 1.06 bits per heavy atom. The van der Waals surface area contributed by atoms with E-state index in [9.17, 15) is 13.2 Å². The first kappa shape index (κ1) is 23.9. The number of fused-ring (bicyclic) bond motifs is 1. The first-order chi connectivity index (χ1) is 15.9. The van der Waals surface area contributed by atoms with Gasteiger partial charge in [0.05, 0.1) is 17.0 Å². The first-order valence-corrected chi connectivity index (χ1v) is 13.6. The quantitative estimate of drug-likeness (QED) is 0.674. The second kappa shape index (κ2) is 10.4. The summed E-state index contributed by atoms with van der Waals surface area (Å²) in [5, 5.41) is 3.24. The lowest BCUT2D eigenvalue weighted by Gasteiger charge is -2.37. The monoisotopic (exact) mass is 469 g/mol. The number of piperazine rings is 1. The maximum atomic E-state index is 13.1. The lowest BCUT2D eigenvalue weighted by molar-refractivity contribution is -0.127. The number of hydrogen-bond donors (Lipinski definition) is 1. The largest absolute Gasteiger partial charge is 0.348 e. The van der Waals surface area contributed by atoms with E-state index < -0.39 is 10.0 Å². The van der Waals surface area contributed by atoms with Crippen LogP contribution in [0.2, 0.25) is 0 Å². The summed E-state index contributed by atoms with van der Waals surface area (Å²) in [6.07, 6.45) is 5.08. The van der Waals surface area contributed by atoms with Crippen molar-refractivity contribution in [2.45, 2.75) is 62.9 Å². The number of amides is 1. The summed E-state index contributed by atoms with van der Waals surface area (Å²) < 4.78 is 27.7. The van der Waals surface area contributed by atoms with Crippen molar-refractivity contribution in [1.29, 1.82) is 0 Å². The Morgan fingerprint density at radius 2 is 1.76 bits per heavy atom. The Balaban J connectivity index is 1.34. The van der Waals surface area contributed by atoms with Gasteiger partial charge < -0.3 is 5.32 Å². The minimum Gasteiger partial charge on any atom is -0.348 e. The topological polar surface area (TPSA) is 69.7 Å². The van der Waals surface area contributed by atoms with E-state index in [4.69, 9.17) is 0 Å². The van der Waals surface area contributed by atoms with Crippen LogP contribution in [0.3, 0.4) is 0 Å². The molecule has 0 bridgehead atoms. The van der Waals surface area contributed by atoms with Gasteiger partial charge in [-0.25, -0.2) is 8.42 Å². The average molecular weight is 470 g/mol. The molecule has 1 N–H and O–H groups in total. The molecule has 7 heteroatoms. The number of hydrogen-bond acceptors (Lipinski definition) is 4. The third-order valence-electron chi connectivity index (χ3n) is 6.99. The second-order valence-corrected chi connectivity index (χ2v) is 11.1. The molecule has 0 radical (unpaired) electrons. The van der Waals surface area contributed by atoms with Gasteiger partial charge in [-0.3, -0.25) is 9.69 Å². The molecule has 2 aliphatic rings. The molecular weight excluding hydrogens is 434 g/mol. The maximum Gasteiger partial charge on any atom is 0.243 e. The van der Waals surface area contributed by atoms with E-state index >= 15 is 0 Å². The van der Waals surface area contributed by atoms with Crippen molar-refractivity contribution < 1.29 is 13.2 Å². The molecule has 2 atom stereocenters. The maximum absolute atomic E-state index is 13.1. The van der Waals surface area contributed by atoms with Crippen molar-refractivity contribution in [3.63, 3.8) is 0 Å². The van der Waals surface area contributed by atoms with Crippen molar-refractivity contribution in [3.05, 3.63) is 65.2 Å². The van der Waals surface area contributed by atoms with Gasteiger partial charge >= 0.3 is 0 Å². The number of aryl methyl sites for hydroxylation is 2. The molecule has 4 rings (SSSR count). The van der Waals surface area contributed by atoms with Gasteiger partial charge in [0.15, 0.2) is 0 Å². The third kappa shape index (κ3) is 5.31. The van der Waals surface area contributed by atoms with Gasteiger partial charge in [-0.1, -0.05) is 49.7 Å². The van der Waals surface area contributed by atoms with Gasteiger partial charge in [-0.2, -0.15) is 4.31 Å². The van der Waals surface area contributed by atoms with E-state index in [2.05, 4.69) is 35.3 Å². The Bertz CT molecular complexity index is 1060. The van der Waals surface area contributed by atoms with Crippen LogP contribution in [0.1, 0.15) is 55.8 Å². The molecule has 1 aliphatic heterocycles. The van der Waals surface area contributed by atoms with Crippen LogP contribution in [0.15, 0.2) is 53.4 Å². The van der Waals surface area contributed by atoms with Gasteiger partial charge in [0.25, 0.3) is 0 Å². The smallest absolute Gasteiger partial charge is 0.243 e. The molecule has 1 heterocycles. The van der Waals surface area contributed by atoms with Gasteiger partial charge in [-0.15, -0.1) is 0 Å². The summed E-state index contributed by atoms with van der Waals surface area (Å²) in [6.45, 7) is 5.90. The zero-order chi connectivity index (χ0) is 23.4. The highest BCUT2D eigenvalue weighted by Crippen LogP contribution is 2.29. The summed E-state index contributed by atoms with van der Waals surface area (Å²) in [4.78, 5) is 15.4. The SMILES string of the molecule is CCCc1ccc(S(=O)(=O)N2CCN([C@H](C)C(=O)N[C@@H]3CCCc4ccccc43)CC2)cc1. The molecule has 2 aromatic carbocycles. The molecule has 1 saturated heterocycles. The highest BCUT2D eigenvalue weighted by atomic mass is 32.2. The molecule has 178 valence electrons. The lowest BCUT2D eigenvalue weighted by Crippen LogP contribution is -2.55. The summed E-state index contributed by atoms with van der Waals surface area (Å²) in [5.41, 5.74) is 3.70. The van der Waals surface area contributed by atoms with Crippen molar-refractivity contribution in [2.75, 3.05) is 26.2 Å². The molecule has 6 nitrogen and oxygen atoms in total. The number of carbonyl (C=O) groups is 1. The van der Waals surface area contributed by atoms with E-state index in [1.807, 2.05) is 25.1 Å². The van der Waals surface area contributed by atoms with Gasteiger partial charge in [-0.05, 0) is 61.4 Å². The highest BCUT2D eigenvalue weighted by molar-refractivity contribution is 7.89. The Kier molecular flexibility index (Phi) is 7.51. The van der Waals surface area contributed by atoms with Crippen molar-refractivity contribution >= 4 is 15.9 Å². The molecule has 33 heavy (non-hydrogen) atoms. The number of nitrogens with one attached hydrogen (secondary N) is 1. The van der Waals surface area contributed by atoms with Gasteiger partial charge in [0.2, 0.25) is 15.9 Å². The molecule has 1 aliphatic carbocycles. The predicted molar refractivity (Wildman–Crippen MR) is 130 cm³/mol. The number of benzene rings is 2. The molecule has 0 unspecified atom stereocenters. The average Bonchev–Trinajstić information content (AvgIpc) is 2.84. The summed E-state index contributed by atoms with van der Waals surface area (Å²) in [6, 6.07) is 15.3. The van der Waals surface area contributed by atoms with E-state index in [0.717, 1.165) is 37.7 Å². The molecular formula is C26H35N3O3S. The fraction of sp³-hybridized carbons (Fsp3) is 0.500. The molecule has 1 amide bonds. The fourth-order valence-corrected chi connectivity index (χ4v) is 6.38. The van der Waals surface area contributed by atoms with E-state index in [0.29, 0.717) is 31.1 Å². The van der Waals surface area contributed by atoms with Gasteiger partial charge in [0, 0.05) is 26.2 Å². The lowest BCUT2D eigenvalue weighted by atomic mass is 9.87. The number of carbonyl (C=O) groups excluding carboxylic acids is 1. The standard InChI is InChI=1S/C26H35N3O3S/c1-3-7-21-12-14-23(15-13-21)33(31,32)29-18-16-28(17-19-29)20(2)26(30)27-25-11-6-9-22-8-4-5-10-24(22)25/h4-5,8,10,12-15,20,25H,3,6-7,9,11,16-19H2,1-2H3,(H,27,30)/t20-,25-/m1/s1. The Morgan fingerprint density at radius 3 is 2.45 bits per heavy atom. The first-order valence-electron chi connectivity index (χ1n) is 12.1. The number of sulfonamides is 1. The zero-order valence-electron chi connectivity index (χ0n) is 19.7. The molecule has 0 aromatic heterocycles. The van der Waals surface area contributed by atoms with Crippen LogP contribution in [-0.4, -0.2) is 55.8 Å². The fourth-order valence-electron chi connectivity index (χ4n) is 4.96. The highest BCUT2D eigenvalue weighted by Gasteiger charge is 2.32. The zero-order valence-corrected chi connectivity index (χ0v) is 20.5.